The lowest BCUT2D eigenvalue weighted by molar-refractivity contribution is -0.139. The van der Waals surface area contributed by atoms with Gasteiger partial charge in [-0.3, -0.25) is 4.90 Å². The maximum absolute atomic E-state index is 13.3. The van der Waals surface area contributed by atoms with Crippen LogP contribution in [0.3, 0.4) is 0 Å². The van der Waals surface area contributed by atoms with E-state index in [9.17, 15) is 14.9 Å². The molecule has 2 aromatic carbocycles. The van der Waals surface area contributed by atoms with Crippen LogP contribution in [0.25, 0.3) is 10.9 Å². The molecule has 0 aliphatic carbocycles. The van der Waals surface area contributed by atoms with Crippen LogP contribution in [0.5, 0.6) is 0 Å². The zero-order chi connectivity index (χ0) is 27.6. The van der Waals surface area contributed by atoms with Gasteiger partial charge in [0.25, 0.3) is 0 Å². The number of methoxy groups -OCH3 is 3. The number of rotatable bonds is 6. The van der Waals surface area contributed by atoms with Crippen molar-refractivity contribution in [1.82, 2.24) is 4.98 Å². The van der Waals surface area contributed by atoms with Crippen molar-refractivity contribution in [3.8, 4) is 6.07 Å². The molecule has 4 rings (SSSR count). The van der Waals surface area contributed by atoms with E-state index in [0.717, 1.165) is 10.9 Å². The first kappa shape index (κ1) is 26.7. The molecule has 1 aliphatic rings. The molecule has 0 radical (unpaired) electrons. The van der Waals surface area contributed by atoms with Gasteiger partial charge in [-0.25, -0.2) is 14.6 Å². The lowest BCUT2D eigenvalue weighted by Gasteiger charge is -2.36. The maximum Gasteiger partial charge on any atom is 0.355 e. The van der Waals surface area contributed by atoms with Crippen LogP contribution in [-0.2, 0) is 30.4 Å². The molecule has 9 nitrogen and oxygen atoms in total. The number of carbonyl (C=O) groups excluding carboxylic acids is 2. The Balaban J connectivity index is 2.09. The van der Waals surface area contributed by atoms with Crippen molar-refractivity contribution in [3.05, 3.63) is 93.0 Å². The van der Waals surface area contributed by atoms with Crippen molar-refractivity contribution in [2.24, 2.45) is 5.73 Å². The molecule has 0 bridgehead atoms. The van der Waals surface area contributed by atoms with Crippen LogP contribution in [0, 0.1) is 18.3 Å². The quantitative estimate of drug-likeness (QED) is 0.366. The average Bonchev–Trinajstić information content (AvgIpc) is 2.92. The second-order valence-electron chi connectivity index (χ2n) is 8.53. The molecule has 194 valence electrons. The SMILES string of the molecule is COCc1cc(Cl)nc2cc(N3C(N)=C(C#N)C(c4ccccc4)C(C(=O)OC)=C3C(=O)OC)c(C)cc12. The number of fused-ring (bicyclic) bond motifs is 1. The van der Waals surface area contributed by atoms with E-state index >= 15 is 0 Å². The maximum atomic E-state index is 13.3. The minimum absolute atomic E-state index is 0.0315. The number of nitrogens with zero attached hydrogens (tertiary/aromatic N) is 3. The van der Waals surface area contributed by atoms with E-state index in [1.165, 1.54) is 19.1 Å². The molecule has 1 aliphatic heterocycles. The van der Waals surface area contributed by atoms with Gasteiger partial charge in [0.2, 0.25) is 0 Å². The summed E-state index contributed by atoms with van der Waals surface area (Å²) in [7, 11) is 3.98. The first-order valence-corrected chi connectivity index (χ1v) is 11.9. The summed E-state index contributed by atoms with van der Waals surface area (Å²) in [5.74, 6) is -2.62. The van der Waals surface area contributed by atoms with Crippen LogP contribution in [-0.4, -0.2) is 38.3 Å². The zero-order valence-corrected chi connectivity index (χ0v) is 22.0. The number of anilines is 1. The van der Waals surface area contributed by atoms with Gasteiger partial charge in [-0.05, 0) is 41.8 Å². The number of carbonyl (C=O) groups is 2. The van der Waals surface area contributed by atoms with Crippen molar-refractivity contribution >= 4 is 40.1 Å². The van der Waals surface area contributed by atoms with E-state index in [0.29, 0.717) is 28.9 Å². The number of allylic oxidation sites excluding steroid dienone is 1. The fourth-order valence-electron chi connectivity index (χ4n) is 4.68. The smallest absolute Gasteiger partial charge is 0.355 e. The molecule has 1 aromatic heterocycles. The molecule has 3 aromatic rings. The second-order valence-corrected chi connectivity index (χ2v) is 8.92. The predicted octanol–water partition coefficient (Wildman–Crippen LogP) is 4.24. The minimum atomic E-state index is -0.958. The zero-order valence-electron chi connectivity index (χ0n) is 21.2. The summed E-state index contributed by atoms with van der Waals surface area (Å²) < 4.78 is 15.5. The van der Waals surface area contributed by atoms with E-state index in [1.54, 1.807) is 49.6 Å². The summed E-state index contributed by atoms with van der Waals surface area (Å²) in [4.78, 5) is 32.4. The highest BCUT2D eigenvalue weighted by atomic mass is 35.5. The molecule has 0 saturated carbocycles. The Kier molecular flexibility index (Phi) is 7.67. The Hall–Kier alpha value is -4.39. The number of esters is 2. The van der Waals surface area contributed by atoms with Crippen molar-refractivity contribution in [3.63, 3.8) is 0 Å². The number of benzene rings is 2. The third-order valence-electron chi connectivity index (χ3n) is 6.33. The van der Waals surface area contributed by atoms with Gasteiger partial charge in [0, 0.05) is 12.5 Å². The minimum Gasteiger partial charge on any atom is -0.466 e. The first-order valence-electron chi connectivity index (χ1n) is 11.5. The summed E-state index contributed by atoms with van der Waals surface area (Å²) in [6.45, 7) is 2.12. The van der Waals surface area contributed by atoms with Crippen LogP contribution in [0.1, 0.15) is 22.6 Å². The molecular weight excluding hydrogens is 508 g/mol. The van der Waals surface area contributed by atoms with Crippen LogP contribution in [0.15, 0.2) is 71.2 Å². The predicted molar refractivity (Wildman–Crippen MR) is 142 cm³/mol. The molecule has 38 heavy (non-hydrogen) atoms. The number of hydrogen-bond acceptors (Lipinski definition) is 9. The topological polar surface area (TPSA) is 128 Å². The van der Waals surface area contributed by atoms with E-state index < -0.39 is 17.9 Å². The average molecular weight is 533 g/mol. The van der Waals surface area contributed by atoms with Gasteiger partial charge in [0.05, 0.1) is 55.2 Å². The van der Waals surface area contributed by atoms with Crippen LogP contribution in [0.2, 0.25) is 5.15 Å². The molecule has 1 unspecified atom stereocenters. The van der Waals surface area contributed by atoms with Crippen molar-refractivity contribution < 1.29 is 23.8 Å². The van der Waals surface area contributed by atoms with E-state index in [-0.39, 0.29) is 27.8 Å². The molecule has 2 heterocycles. The van der Waals surface area contributed by atoms with Crippen molar-refractivity contribution in [1.29, 1.82) is 5.26 Å². The number of halogens is 1. The van der Waals surface area contributed by atoms with Crippen LogP contribution < -0.4 is 10.6 Å². The Morgan fingerprint density at radius 3 is 2.39 bits per heavy atom. The number of hydrogen-bond donors (Lipinski definition) is 1. The number of aryl methyl sites for hydroxylation is 1. The molecule has 0 amide bonds. The number of pyridine rings is 1. The highest BCUT2D eigenvalue weighted by Gasteiger charge is 2.43. The number of nitriles is 1. The summed E-state index contributed by atoms with van der Waals surface area (Å²) >= 11 is 6.28. The van der Waals surface area contributed by atoms with Gasteiger partial charge < -0.3 is 19.9 Å². The Labute approximate surface area is 224 Å². The number of aromatic nitrogens is 1. The van der Waals surface area contributed by atoms with Crippen molar-refractivity contribution in [2.75, 3.05) is 26.2 Å². The normalized spacial score (nSPS) is 15.5. The first-order chi connectivity index (χ1) is 18.3. The summed E-state index contributed by atoms with van der Waals surface area (Å²) in [5.41, 5.74) is 9.46. The molecular formula is C28H25ClN4O5. The molecule has 10 heteroatoms. The summed E-state index contributed by atoms with van der Waals surface area (Å²) in [6.07, 6.45) is 0. The van der Waals surface area contributed by atoms with Gasteiger partial charge in [-0.15, -0.1) is 0 Å². The standard InChI is InChI=1S/C28H25ClN4O5/c1-15-10-18-17(14-36-2)11-22(29)32-20(18)12-21(15)33-25(28(35)38-4)24(27(34)37-3)23(19(13-30)26(33)31)16-8-6-5-7-9-16/h5-12,23H,14,31H2,1-4H3. The lowest BCUT2D eigenvalue weighted by Crippen LogP contribution is -2.41. The molecule has 0 fully saturated rings. The lowest BCUT2D eigenvalue weighted by atomic mass is 9.80. The molecule has 0 saturated heterocycles. The Bertz CT molecular complexity index is 1540. The Morgan fingerprint density at radius 1 is 1.11 bits per heavy atom. The third-order valence-corrected chi connectivity index (χ3v) is 6.53. The fourth-order valence-corrected chi connectivity index (χ4v) is 4.91. The van der Waals surface area contributed by atoms with E-state index in [2.05, 4.69) is 11.1 Å². The highest BCUT2D eigenvalue weighted by molar-refractivity contribution is 6.30. The highest BCUT2D eigenvalue weighted by Crippen LogP contribution is 2.44. The second kappa shape index (κ2) is 10.9. The molecule has 2 N–H and O–H groups in total. The molecule has 1 atom stereocenters. The van der Waals surface area contributed by atoms with Crippen molar-refractivity contribution in [2.45, 2.75) is 19.4 Å². The van der Waals surface area contributed by atoms with E-state index in [1.807, 2.05) is 13.0 Å². The van der Waals surface area contributed by atoms with Gasteiger partial charge in [-0.2, -0.15) is 5.26 Å². The summed E-state index contributed by atoms with van der Waals surface area (Å²) in [6, 6.07) is 16.2. The van der Waals surface area contributed by atoms with Gasteiger partial charge in [-0.1, -0.05) is 41.9 Å². The molecule has 0 spiro atoms. The summed E-state index contributed by atoms with van der Waals surface area (Å²) in [5, 5.41) is 11.3. The van der Waals surface area contributed by atoms with Gasteiger partial charge in [0.15, 0.2) is 0 Å². The van der Waals surface area contributed by atoms with Crippen LogP contribution in [0.4, 0.5) is 5.69 Å². The van der Waals surface area contributed by atoms with Gasteiger partial charge >= 0.3 is 11.9 Å². The fraction of sp³-hybridized carbons (Fsp3) is 0.214. The monoisotopic (exact) mass is 532 g/mol. The third kappa shape index (κ3) is 4.56. The number of nitrogens with two attached hydrogens (primary N) is 1. The van der Waals surface area contributed by atoms with E-state index in [4.69, 9.17) is 31.5 Å². The van der Waals surface area contributed by atoms with Crippen LogP contribution >= 0.6 is 11.6 Å². The van der Waals surface area contributed by atoms with Gasteiger partial charge in [0.1, 0.15) is 16.7 Å². The number of ether oxygens (including phenoxy) is 3. The Morgan fingerprint density at radius 2 is 1.79 bits per heavy atom. The largest absolute Gasteiger partial charge is 0.466 e.